The van der Waals surface area contributed by atoms with Gasteiger partial charge in [0.25, 0.3) is 0 Å². The normalized spacial score (nSPS) is 10.2. The topological polar surface area (TPSA) is 0 Å². The molecule has 0 bridgehead atoms. The maximum absolute atomic E-state index is 12.8. The van der Waals surface area contributed by atoms with Crippen molar-refractivity contribution in [1.82, 2.24) is 0 Å². The standard InChI is InChI=1S/C8H7ClF2/c1-5-2-7(9)6(4-10)8(11)3-5/h2-3H,4H2,1H3. The average Bonchev–Trinajstić information content (AvgIpc) is 1.85. The third-order valence-electron chi connectivity index (χ3n) is 1.42. The number of hydrogen-bond acceptors (Lipinski definition) is 0. The first-order valence-corrected chi connectivity index (χ1v) is 3.53. The number of alkyl halides is 1. The minimum absolute atomic E-state index is 0.0581. The van der Waals surface area contributed by atoms with Crippen LogP contribution in [0.5, 0.6) is 0 Å². The molecule has 0 aliphatic heterocycles. The van der Waals surface area contributed by atoms with Crippen LogP contribution in [0.25, 0.3) is 0 Å². The molecule has 0 radical (unpaired) electrons. The van der Waals surface area contributed by atoms with Gasteiger partial charge in [-0.3, -0.25) is 0 Å². The lowest BCUT2D eigenvalue weighted by Crippen LogP contribution is -1.89. The Kier molecular flexibility index (Phi) is 2.45. The molecule has 0 aliphatic carbocycles. The Hall–Kier alpha value is -0.630. The molecular formula is C8H7ClF2. The van der Waals surface area contributed by atoms with Gasteiger partial charge in [-0.15, -0.1) is 0 Å². The van der Waals surface area contributed by atoms with E-state index in [0.717, 1.165) is 0 Å². The van der Waals surface area contributed by atoms with Crippen molar-refractivity contribution in [2.24, 2.45) is 0 Å². The van der Waals surface area contributed by atoms with E-state index in [-0.39, 0.29) is 10.6 Å². The van der Waals surface area contributed by atoms with Crippen molar-refractivity contribution in [3.05, 3.63) is 34.1 Å². The van der Waals surface area contributed by atoms with Crippen molar-refractivity contribution >= 4 is 11.6 Å². The van der Waals surface area contributed by atoms with E-state index in [4.69, 9.17) is 11.6 Å². The lowest BCUT2D eigenvalue weighted by Gasteiger charge is -2.01. The summed E-state index contributed by atoms with van der Waals surface area (Å²) < 4.78 is 24.8. The number of hydrogen-bond donors (Lipinski definition) is 0. The molecule has 11 heavy (non-hydrogen) atoms. The largest absolute Gasteiger partial charge is 0.246 e. The first kappa shape index (κ1) is 8.47. The molecule has 0 atom stereocenters. The van der Waals surface area contributed by atoms with Gasteiger partial charge in [-0.25, -0.2) is 8.78 Å². The van der Waals surface area contributed by atoms with Crippen molar-refractivity contribution in [3.8, 4) is 0 Å². The van der Waals surface area contributed by atoms with Gasteiger partial charge in [0.1, 0.15) is 12.5 Å². The molecule has 1 aromatic rings. The van der Waals surface area contributed by atoms with Crippen LogP contribution < -0.4 is 0 Å². The summed E-state index contributed by atoms with van der Waals surface area (Å²) in [5, 5.41) is 0.157. The molecule has 0 saturated carbocycles. The van der Waals surface area contributed by atoms with Crippen LogP contribution in [0, 0.1) is 12.7 Å². The van der Waals surface area contributed by atoms with Gasteiger partial charge in [0.05, 0.1) is 0 Å². The zero-order chi connectivity index (χ0) is 8.43. The van der Waals surface area contributed by atoms with Gasteiger partial charge in [0.2, 0.25) is 0 Å². The van der Waals surface area contributed by atoms with Gasteiger partial charge in [0.15, 0.2) is 0 Å². The average molecular weight is 177 g/mol. The fourth-order valence-electron chi connectivity index (χ4n) is 0.857. The molecule has 0 spiro atoms. The second-order valence-corrected chi connectivity index (χ2v) is 2.75. The predicted octanol–water partition coefficient (Wildman–Crippen LogP) is 3.26. The summed E-state index contributed by atoms with van der Waals surface area (Å²) in [6.07, 6.45) is 0. The molecule has 1 aromatic carbocycles. The van der Waals surface area contributed by atoms with Crippen LogP contribution in [0.1, 0.15) is 11.1 Å². The van der Waals surface area contributed by atoms with Crippen molar-refractivity contribution < 1.29 is 8.78 Å². The summed E-state index contributed by atoms with van der Waals surface area (Å²) in [6.45, 7) is 0.849. The van der Waals surface area contributed by atoms with E-state index >= 15 is 0 Å². The van der Waals surface area contributed by atoms with Gasteiger partial charge in [-0.1, -0.05) is 11.6 Å². The van der Waals surface area contributed by atoms with E-state index in [1.165, 1.54) is 6.07 Å². The molecule has 60 valence electrons. The fraction of sp³-hybridized carbons (Fsp3) is 0.250. The number of halogens is 3. The maximum atomic E-state index is 12.8. The fourth-order valence-corrected chi connectivity index (χ4v) is 1.17. The summed E-state index contributed by atoms with van der Waals surface area (Å²) in [6, 6.07) is 2.81. The van der Waals surface area contributed by atoms with E-state index < -0.39 is 12.5 Å². The van der Waals surface area contributed by atoms with Crippen molar-refractivity contribution in [2.75, 3.05) is 0 Å². The molecule has 0 fully saturated rings. The maximum Gasteiger partial charge on any atom is 0.130 e. The molecule has 0 saturated heterocycles. The van der Waals surface area contributed by atoms with Gasteiger partial charge in [-0.2, -0.15) is 0 Å². The smallest absolute Gasteiger partial charge is 0.130 e. The first-order valence-electron chi connectivity index (χ1n) is 3.15. The van der Waals surface area contributed by atoms with Crippen LogP contribution in [0.4, 0.5) is 8.78 Å². The molecule has 3 heteroatoms. The van der Waals surface area contributed by atoms with Crippen LogP contribution in [-0.2, 0) is 6.67 Å². The van der Waals surface area contributed by atoms with Crippen LogP contribution in [0.15, 0.2) is 12.1 Å². The molecule has 1 rings (SSSR count). The van der Waals surface area contributed by atoms with E-state index in [9.17, 15) is 8.78 Å². The van der Waals surface area contributed by atoms with Crippen LogP contribution in [-0.4, -0.2) is 0 Å². The Labute approximate surface area is 68.8 Å². The number of benzene rings is 1. The van der Waals surface area contributed by atoms with Crippen LogP contribution >= 0.6 is 11.6 Å². The van der Waals surface area contributed by atoms with Gasteiger partial charge in [0, 0.05) is 10.6 Å². The van der Waals surface area contributed by atoms with Crippen molar-refractivity contribution in [1.29, 1.82) is 0 Å². The van der Waals surface area contributed by atoms with E-state index in [1.54, 1.807) is 13.0 Å². The number of aryl methyl sites for hydroxylation is 1. The summed E-state index contributed by atoms with van der Waals surface area (Å²) in [5.41, 5.74) is 0.641. The molecule has 0 amide bonds. The van der Waals surface area contributed by atoms with Crippen LogP contribution in [0.2, 0.25) is 5.02 Å². The monoisotopic (exact) mass is 176 g/mol. The third-order valence-corrected chi connectivity index (χ3v) is 1.76. The van der Waals surface area contributed by atoms with Gasteiger partial charge in [-0.05, 0) is 24.6 Å². The molecule has 0 unspecified atom stereocenters. The van der Waals surface area contributed by atoms with E-state index in [1.807, 2.05) is 0 Å². The number of rotatable bonds is 1. The minimum atomic E-state index is -0.856. The van der Waals surface area contributed by atoms with E-state index in [2.05, 4.69) is 0 Å². The Morgan fingerprint density at radius 3 is 2.55 bits per heavy atom. The highest BCUT2D eigenvalue weighted by molar-refractivity contribution is 6.31. The predicted molar refractivity (Wildman–Crippen MR) is 41.0 cm³/mol. The Balaban J connectivity index is 3.25. The quantitative estimate of drug-likeness (QED) is 0.616. The lowest BCUT2D eigenvalue weighted by atomic mass is 10.1. The highest BCUT2D eigenvalue weighted by Gasteiger charge is 2.06. The zero-order valence-corrected chi connectivity index (χ0v) is 6.75. The first-order chi connectivity index (χ1) is 5.15. The van der Waals surface area contributed by atoms with Gasteiger partial charge >= 0.3 is 0 Å². The summed E-state index contributed by atoms with van der Waals surface area (Å²) in [5.74, 6) is -0.572. The zero-order valence-electron chi connectivity index (χ0n) is 6.00. The van der Waals surface area contributed by atoms with Gasteiger partial charge < -0.3 is 0 Å². The molecule has 0 nitrogen and oxygen atoms in total. The summed E-state index contributed by atoms with van der Waals surface area (Å²) in [7, 11) is 0. The second-order valence-electron chi connectivity index (χ2n) is 2.34. The molecular weight excluding hydrogens is 170 g/mol. The molecule has 0 aliphatic rings. The summed E-state index contributed by atoms with van der Waals surface area (Å²) in [4.78, 5) is 0. The van der Waals surface area contributed by atoms with Crippen molar-refractivity contribution in [2.45, 2.75) is 13.6 Å². The highest BCUT2D eigenvalue weighted by Crippen LogP contribution is 2.21. The van der Waals surface area contributed by atoms with Crippen LogP contribution in [0.3, 0.4) is 0 Å². The Morgan fingerprint density at radius 2 is 2.09 bits per heavy atom. The van der Waals surface area contributed by atoms with Crippen molar-refractivity contribution in [3.63, 3.8) is 0 Å². The SMILES string of the molecule is Cc1cc(F)c(CF)c(Cl)c1. The molecule has 0 aromatic heterocycles. The Bertz CT molecular complexity index is 248. The highest BCUT2D eigenvalue weighted by atomic mass is 35.5. The minimum Gasteiger partial charge on any atom is -0.246 e. The summed E-state index contributed by atoms with van der Waals surface area (Å²) >= 11 is 5.55. The Morgan fingerprint density at radius 1 is 1.45 bits per heavy atom. The molecule has 0 heterocycles. The second kappa shape index (κ2) is 3.18. The van der Waals surface area contributed by atoms with E-state index in [0.29, 0.717) is 5.56 Å². The lowest BCUT2D eigenvalue weighted by molar-refractivity contribution is 0.464. The molecule has 0 N–H and O–H groups in total. The third kappa shape index (κ3) is 1.69.